The molecule has 1 atom stereocenters. The zero-order valence-corrected chi connectivity index (χ0v) is 12.6. The number of hydrogen-bond acceptors (Lipinski definition) is 3. The summed E-state index contributed by atoms with van der Waals surface area (Å²) in [6.07, 6.45) is 2.96. The Hall–Kier alpha value is -0.650. The second-order valence-electron chi connectivity index (χ2n) is 4.06. The lowest BCUT2D eigenvalue weighted by molar-refractivity contribution is 0.591. The second kappa shape index (κ2) is 5.33. The highest BCUT2D eigenvalue weighted by atomic mass is 79.9. The fourth-order valence-electron chi connectivity index (χ4n) is 1.89. The summed E-state index contributed by atoms with van der Waals surface area (Å²) in [6, 6.07) is 4.60. The molecule has 5 heteroatoms. The molecule has 0 aliphatic rings. The highest BCUT2D eigenvalue weighted by Crippen LogP contribution is 2.27. The summed E-state index contributed by atoms with van der Waals surface area (Å²) in [4.78, 5) is 1.37. The normalized spacial score (nSPS) is 12.9. The first-order chi connectivity index (χ1) is 8.11. The Kier molecular flexibility index (Phi) is 4.01. The van der Waals surface area contributed by atoms with Crippen molar-refractivity contribution < 1.29 is 0 Å². The first-order valence-corrected chi connectivity index (χ1v) is 7.12. The van der Waals surface area contributed by atoms with Crippen molar-refractivity contribution >= 4 is 27.3 Å². The monoisotopic (exact) mass is 313 g/mol. The molecule has 0 aromatic carbocycles. The van der Waals surface area contributed by atoms with Crippen molar-refractivity contribution in [3.8, 4) is 0 Å². The van der Waals surface area contributed by atoms with Gasteiger partial charge in [0.1, 0.15) is 0 Å². The summed E-state index contributed by atoms with van der Waals surface area (Å²) in [5.74, 6) is 0. The summed E-state index contributed by atoms with van der Waals surface area (Å²) in [5.41, 5.74) is 2.50. The maximum absolute atomic E-state index is 4.30. The maximum Gasteiger partial charge on any atom is 0.0701 e. The van der Waals surface area contributed by atoms with Crippen LogP contribution in [0.1, 0.15) is 22.2 Å². The Balaban J connectivity index is 2.19. The fraction of sp³-hybridized carbons (Fsp3) is 0.417. The molecule has 0 aliphatic heterocycles. The van der Waals surface area contributed by atoms with Crippen molar-refractivity contribution in [3.63, 3.8) is 0 Å². The van der Waals surface area contributed by atoms with Gasteiger partial charge in [-0.25, -0.2) is 0 Å². The number of halogens is 1. The number of aryl methyl sites for hydroxylation is 1. The van der Waals surface area contributed by atoms with Crippen LogP contribution in [0.4, 0.5) is 0 Å². The number of hydrogen-bond donors (Lipinski definition) is 1. The third-order valence-corrected chi connectivity index (χ3v) is 4.68. The summed E-state index contributed by atoms with van der Waals surface area (Å²) in [5, 5.41) is 7.67. The molecule has 0 saturated heterocycles. The van der Waals surface area contributed by atoms with Crippen LogP contribution in [0.25, 0.3) is 0 Å². The number of aromatic nitrogens is 2. The number of nitrogens with one attached hydrogen (secondary N) is 1. The van der Waals surface area contributed by atoms with Gasteiger partial charge < -0.3 is 5.32 Å². The van der Waals surface area contributed by atoms with Gasteiger partial charge in [-0.05, 0) is 42.0 Å². The van der Waals surface area contributed by atoms with Gasteiger partial charge in [0.2, 0.25) is 0 Å². The summed E-state index contributed by atoms with van der Waals surface area (Å²) in [7, 11) is 3.98. The molecule has 2 heterocycles. The molecule has 0 spiro atoms. The molecule has 0 amide bonds. The molecule has 2 aromatic heterocycles. The van der Waals surface area contributed by atoms with Gasteiger partial charge in [-0.2, -0.15) is 5.10 Å². The van der Waals surface area contributed by atoms with Gasteiger partial charge in [0, 0.05) is 35.6 Å². The number of nitrogens with zero attached hydrogens (tertiary/aromatic N) is 2. The van der Waals surface area contributed by atoms with E-state index in [1.54, 1.807) is 11.3 Å². The van der Waals surface area contributed by atoms with Gasteiger partial charge in [-0.15, -0.1) is 11.3 Å². The van der Waals surface area contributed by atoms with Crippen molar-refractivity contribution in [3.05, 3.63) is 38.3 Å². The van der Waals surface area contributed by atoms with Gasteiger partial charge in [-0.3, -0.25) is 4.68 Å². The Morgan fingerprint density at radius 1 is 1.53 bits per heavy atom. The van der Waals surface area contributed by atoms with Crippen LogP contribution >= 0.6 is 27.3 Å². The summed E-state index contributed by atoms with van der Waals surface area (Å²) >= 11 is 5.29. The van der Waals surface area contributed by atoms with Crippen LogP contribution in [-0.4, -0.2) is 16.8 Å². The molecule has 0 radical (unpaired) electrons. The molecule has 92 valence electrons. The average Bonchev–Trinajstić information content (AvgIpc) is 2.85. The summed E-state index contributed by atoms with van der Waals surface area (Å²) < 4.78 is 3.11. The highest BCUT2D eigenvalue weighted by Gasteiger charge is 2.16. The Morgan fingerprint density at radius 2 is 2.29 bits per heavy atom. The zero-order chi connectivity index (χ0) is 12.4. The highest BCUT2D eigenvalue weighted by molar-refractivity contribution is 9.11. The van der Waals surface area contributed by atoms with E-state index in [0.717, 1.165) is 6.42 Å². The largest absolute Gasteiger partial charge is 0.313 e. The van der Waals surface area contributed by atoms with Gasteiger partial charge in [-0.1, -0.05) is 0 Å². The van der Waals surface area contributed by atoms with E-state index in [1.165, 1.54) is 19.9 Å². The van der Waals surface area contributed by atoms with Crippen LogP contribution < -0.4 is 5.32 Å². The lowest BCUT2D eigenvalue weighted by atomic mass is 10.0. The molecule has 2 rings (SSSR count). The van der Waals surface area contributed by atoms with Crippen LogP contribution in [0, 0.1) is 6.92 Å². The standard InChI is InChI=1S/C12H16BrN3S/c1-8-10(7-15-16(8)3)11(14-2)6-9-4-5-12(13)17-9/h4-5,7,11,14H,6H2,1-3H3. The molecule has 0 saturated carbocycles. The SMILES string of the molecule is CNC(Cc1ccc(Br)s1)c1cnn(C)c1C. The molecule has 1 N–H and O–H groups in total. The van der Waals surface area contributed by atoms with E-state index in [9.17, 15) is 0 Å². The molecule has 1 unspecified atom stereocenters. The zero-order valence-electron chi connectivity index (χ0n) is 10.2. The van der Waals surface area contributed by atoms with E-state index < -0.39 is 0 Å². The second-order valence-corrected chi connectivity index (χ2v) is 6.61. The van der Waals surface area contributed by atoms with E-state index in [-0.39, 0.29) is 0 Å². The molecule has 0 bridgehead atoms. The minimum absolute atomic E-state index is 0.328. The van der Waals surface area contributed by atoms with Crippen molar-refractivity contribution in [2.75, 3.05) is 7.05 Å². The topological polar surface area (TPSA) is 29.9 Å². The maximum atomic E-state index is 4.30. The van der Waals surface area contributed by atoms with Crippen molar-refractivity contribution in [1.29, 1.82) is 0 Å². The van der Waals surface area contributed by atoms with Gasteiger partial charge in [0.05, 0.1) is 9.98 Å². The number of likely N-dealkylation sites (N-methyl/N-ethyl adjacent to an activating group) is 1. The van der Waals surface area contributed by atoms with E-state index in [4.69, 9.17) is 0 Å². The minimum atomic E-state index is 0.328. The average molecular weight is 314 g/mol. The number of thiophene rings is 1. The van der Waals surface area contributed by atoms with Crippen LogP contribution in [-0.2, 0) is 13.5 Å². The number of rotatable bonds is 4. The minimum Gasteiger partial charge on any atom is -0.313 e. The first-order valence-electron chi connectivity index (χ1n) is 5.51. The molecule has 0 aliphatic carbocycles. The molecule has 0 fully saturated rings. The Bertz CT molecular complexity index is 504. The van der Waals surface area contributed by atoms with Gasteiger partial charge in [0.25, 0.3) is 0 Å². The molecule has 2 aromatic rings. The molecular weight excluding hydrogens is 298 g/mol. The van der Waals surface area contributed by atoms with Crippen molar-refractivity contribution in [2.24, 2.45) is 7.05 Å². The predicted octanol–water partition coefficient (Wildman–Crippen LogP) is 3.06. The lowest BCUT2D eigenvalue weighted by Crippen LogP contribution is -2.19. The lowest BCUT2D eigenvalue weighted by Gasteiger charge is -2.14. The predicted molar refractivity (Wildman–Crippen MR) is 75.5 cm³/mol. The summed E-state index contributed by atoms with van der Waals surface area (Å²) in [6.45, 7) is 2.11. The molecule has 3 nitrogen and oxygen atoms in total. The first kappa shape index (κ1) is 12.8. The van der Waals surface area contributed by atoms with Crippen LogP contribution in [0.2, 0.25) is 0 Å². The van der Waals surface area contributed by atoms with E-state index in [2.05, 4.69) is 45.4 Å². The van der Waals surface area contributed by atoms with E-state index >= 15 is 0 Å². The van der Waals surface area contributed by atoms with Crippen LogP contribution in [0.3, 0.4) is 0 Å². The Morgan fingerprint density at radius 3 is 2.76 bits per heavy atom. The third-order valence-electron chi connectivity index (χ3n) is 3.03. The Labute approximate surface area is 114 Å². The van der Waals surface area contributed by atoms with Crippen molar-refractivity contribution in [1.82, 2.24) is 15.1 Å². The van der Waals surface area contributed by atoms with E-state index in [0.29, 0.717) is 6.04 Å². The molecular formula is C12H16BrN3S. The quantitative estimate of drug-likeness (QED) is 0.940. The molecule has 17 heavy (non-hydrogen) atoms. The van der Waals surface area contributed by atoms with Gasteiger partial charge >= 0.3 is 0 Å². The van der Waals surface area contributed by atoms with Crippen molar-refractivity contribution in [2.45, 2.75) is 19.4 Å². The van der Waals surface area contributed by atoms with Gasteiger partial charge in [0.15, 0.2) is 0 Å². The third kappa shape index (κ3) is 2.78. The van der Waals surface area contributed by atoms with E-state index in [1.807, 2.05) is 25.0 Å². The smallest absolute Gasteiger partial charge is 0.0701 e. The van der Waals surface area contributed by atoms with Crippen LogP contribution in [0.5, 0.6) is 0 Å². The fourth-order valence-corrected chi connectivity index (χ4v) is 3.42. The van der Waals surface area contributed by atoms with Crippen LogP contribution in [0.15, 0.2) is 22.1 Å².